The van der Waals surface area contributed by atoms with Crippen LogP contribution in [0.25, 0.3) is 0 Å². The van der Waals surface area contributed by atoms with Gasteiger partial charge in [-0.05, 0) is 56.1 Å². The largest absolute Gasteiger partial charge is 0.317 e. The highest BCUT2D eigenvalue weighted by Gasteiger charge is 2.11. The summed E-state index contributed by atoms with van der Waals surface area (Å²) < 4.78 is 0. The minimum atomic E-state index is 0.855. The lowest BCUT2D eigenvalue weighted by atomic mass is 9.98. The van der Waals surface area contributed by atoms with Crippen LogP contribution in [0.15, 0.2) is 24.5 Å². The molecular weight excluding hydrogens is 186 g/mol. The van der Waals surface area contributed by atoms with Gasteiger partial charge in [0.1, 0.15) is 0 Å². The van der Waals surface area contributed by atoms with Crippen LogP contribution in [0, 0.1) is 5.92 Å². The van der Waals surface area contributed by atoms with Crippen LogP contribution in [0.1, 0.15) is 18.4 Å². The average Bonchev–Trinajstić information content (AvgIpc) is 2.32. The first kappa shape index (κ1) is 10.6. The molecule has 3 heteroatoms. The van der Waals surface area contributed by atoms with Crippen LogP contribution >= 0.6 is 0 Å². The van der Waals surface area contributed by atoms with Crippen molar-refractivity contribution in [3.63, 3.8) is 0 Å². The van der Waals surface area contributed by atoms with Crippen LogP contribution in [0.2, 0.25) is 0 Å². The smallest absolute Gasteiger partial charge is 0.0271 e. The van der Waals surface area contributed by atoms with E-state index in [9.17, 15) is 0 Å². The molecule has 2 heterocycles. The molecule has 1 saturated heterocycles. The van der Waals surface area contributed by atoms with Gasteiger partial charge >= 0.3 is 0 Å². The van der Waals surface area contributed by atoms with Gasteiger partial charge in [0.25, 0.3) is 0 Å². The third-order valence-electron chi connectivity index (χ3n) is 2.97. The highest BCUT2D eigenvalue weighted by molar-refractivity contribution is 5.08. The van der Waals surface area contributed by atoms with Crippen molar-refractivity contribution in [3.05, 3.63) is 30.1 Å². The van der Waals surface area contributed by atoms with Crippen LogP contribution in [-0.4, -0.2) is 24.6 Å². The zero-order valence-corrected chi connectivity index (χ0v) is 9.08. The lowest BCUT2D eigenvalue weighted by Crippen LogP contribution is -2.33. The molecule has 1 fully saturated rings. The van der Waals surface area contributed by atoms with E-state index in [1.807, 2.05) is 12.4 Å². The Morgan fingerprint density at radius 3 is 2.73 bits per heavy atom. The maximum Gasteiger partial charge on any atom is 0.0271 e. The molecule has 82 valence electrons. The van der Waals surface area contributed by atoms with Gasteiger partial charge < -0.3 is 10.6 Å². The van der Waals surface area contributed by atoms with Crippen molar-refractivity contribution in [3.8, 4) is 0 Å². The van der Waals surface area contributed by atoms with Gasteiger partial charge in [0, 0.05) is 18.9 Å². The molecular formula is C12H19N3. The maximum absolute atomic E-state index is 4.01. The van der Waals surface area contributed by atoms with Gasteiger partial charge in [-0.15, -0.1) is 0 Å². The molecule has 1 aromatic rings. The molecule has 0 bridgehead atoms. The SMILES string of the molecule is c1cc(CNCC2CCNCC2)ccn1. The summed E-state index contributed by atoms with van der Waals surface area (Å²) in [7, 11) is 0. The Balaban J connectivity index is 1.66. The summed E-state index contributed by atoms with van der Waals surface area (Å²) in [6.07, 6.45) is 6.32. The Labute approximate surface area is 91.3 Å². The van der Waals surface area contributed by atoms with E-state index >= 15 is 0 Å². The van der Waals surface area contributed by atoms with Crippen molar-refractivity contribution in [2.45, 2.75) is 19.4 Å². The molecule has 0 amide bonds. The van der Waals surface area contributed by atoms with E-state index in [4.69, 9.17) is 0 Å². The topological polar surface area (TPSA) is 37.0 Å². The van der Waals surface area contributed by atoms with Crippen molar-refractivity contribution in [1.29, 1.82) is 0 Å². The van der Waals surface area contributed by atoms with E-state index in [1.54, 1.807) is 0 Å². The van der Waals surface area contributed by atoms with Crippen LogP contribution in [0.3, 0.4) is 0 Å². The quantitative estimate of drug-likeness (QED) is 0.775. The molecule has 1 aliphatic heterocycles. The Morgan fingerprint density at radius 2 is 2.00 bits per heavy atom. The van der Waals surface area contributed by atoms with Gasteiger partial charge in [-0.2, -0.15) is 0 Å². The molecule has 0 atom stereocenters. The van der Waals surface area contributed by atoms with Crippen LogP contribution in [-0.2, 0) is 6.54 Å². The fourth-order valence-electron chi connectivity index (χ4n) is 2.01. The van der Waals surface area contributed by atoms with Crippen LogP contribution in [0.5, 0.6) is 0 Å². The van der Waals surface area contributed by atoms with E-state index in [-0.39, 0.29) is 0 Å². The molecule has 0 radical (unpaired) electrons. The summed E-state index contributed by atoms with van der Waals surface area (Å²) >= 11 is 0. The number of rotatable bonds is 4. The molecule has 1 aliphatic rings. The number of pyridine rings is 1. The minimum absolute atomic E-state index is 0.855. The van der Waals surface area contributed by atoms with Crippen molar-refractivity contribution in [2.24, 2.45) is 5.92 Å². The molecule has 15 heavy (non-hydrogen) atoms. The molecule has 0 spiro atoms. The summed E-state index contributed by atoms with van der Waals surface area (Å²) in [5.74, 6) is 0.855. The van der Waals surface area contributed by atoms with E-state index in [0.717, 1.165) is 19.0 Å². The van der Waals surface area contributed by atoms with Crippen molar-refractivity contribution >= 4 is 0 Å². The first-order valence-electron chi connectivity index (χ1n) is 5.75. The highest BCUT2D eigenvalue weighted by Crippen LogP contribution is 2.10. The fraction of sp³-hybridized carbons (Fsp3) is 0.583. The number of nitrogens with zero attached hydrogens (tertiary/aromatic N) is 1. The van der Waals surface area contributed by atoms with Gasteiger partial charge in [-0.1, -0.05) is 0 Å². The summed E-state index contributed by atoms with van der Waals surface area (Å²) in [5.41, 5.74) is 1.32. The summed E-state index contributed by atoms with van der Waals surface area (Å²) in [6.45, 7) is 4.47. The molecule has 2 N–H and O–H groups in total. The Bertz CT molecular complexity index is 267. The monoisotopic (exact) mass is 205 g/mol. The normalized spacial score (nSPS) is 17.9. The van der Waals surface area contributed by atoms with E-state index in [0.29, 0.717) is 0 Å². The molecule has 0 unspecified atom stereocenters. The Kier molecular flexibility index (Phi) is 4.11. The second kappa shape index (κ2) is 5.83. The summed E-state index contributed by atoms with van der Waals surface area (Å²) in [5, 5.41) is 6.90. The van der Waals surface area contributed by atoms with Crippen molar-refractivity contribution in [2.75, 3.05) is 19.6 Å². The van der Waals surface area contributed by atoms with Crippen molar-refractivity contribution in [1.82, 2.24) is 15.6 Å². The third kappa shape index (κ3) is 3.61. The van der Waals surface area contributed by atoms with Crippen LogP contribution < -0.4 is 10.6 Å². The molecule has 0 saturated carbocycles. The number of nitrogens with one attached hydrogen (secondary N) is 2. The van der Waals surface area contributed by atoms with Gasteiger partial charge in [-0.25, -0.2) is 0 Å². The number of hydrogen-bond acceptors (Lipinski definition) is 3. The first-order valence-corrected chi connectivity index (χ1v) is 5.75. The summed E-state index contributed by atoms with van der Waals surface area (Å²) in [4.78, 5) is 4.01. The second-order valence-corrected chi connectivity index (χ2v) is 4.18. The highest BCUT2D eigenvalue weighted by atomic mass is 14.9. The Morgan fingerprint density at radius 1 is 1.27 bits per heavy atom. The Hall–Kier alpha value is -0.930. The standard InChI is InChI=1S/C12H19N3/c1-5-13-6-2-11(1)9-15-10-12-3-7-14-8-4-12/h1-2,5-6,12,14-15H,3-4,7-10H2. The zero-order chi connectivity index (χ0) is 10.3. The van der Waals surface area contributed by atoms with E-state index in [1.165, 1.54) is 31.5 Å². The number of piperidine rings is 1. The van der Waals surface area contributed by atoms with Gasteiger partial charge in [0.05, 0.1) is 0 Å². The predicted molar refractivity (Wildman–Crippen MR) is 61.5 cm³/mol. The fourth-order valence-corrected chi connectivity index (χ4v) is 2.01. The van der Waals surface area contributed by atoms with Crippen molar-refractivity contribution < 1.29 is 0 Å². The summed E-state index contributed by atoms with van der Waals surface area (Å²) in [6, 6.07) is 4.13. The number of aromatic nitrogens is 1. The van der Waals surface area contributed by atoms with Gasteiger partial charge in [0.2, 0.25) is 0 Å². The van der Waals surface area contributed by atoms with Gasteiger partial charge in [-0.3, -0.25) is 4.98 Å². The molecule has 2 rings (SSSR count). The zero-order valence-electron chi connectivity index (χ0n) is 9.08. The minimum Gasteiger partial charge on any atom is -0.317 e. The molecule has 3 nitrogen and oxygen atoms in total. The average molecular weight is 205 g/mol. The predicted octanol–water partition coefficient (Wildman–Crippen LogP) is 1.17. The number of hydrogen-bond donors (Lipinski definition) is 2. The lowest BCUT2D eigenvalue weighted by Gasteiger charge is -2.22. The van der Waals surface area contributed by atoms with Crippen LogP contribution in [0.4, 0.5) is 0 Å². The first-order chi connectivity index (χ1) is 7.45. The molecule has 1 aromatic heterocycles. The van der Waals surface area contributed by atoms with E-state index in [2.05, 4.69) is 27.8 Å². The third-order valence-corrected chi connectivity index (χ3v) is 2.97. The van der Waals surface area contributed by atoms with Gasteiger partial charge in [0.15, 0.2) is 0 Å². The lowest BCUT2D eigenvalue weighted by molar-refractivity contribution is 0.356. The molecule has 0 aliphatic carbocycles. The maximum atomic E-state index is 4.01. The van der Waals surface area contributed by atoms with E-state index < -0.39 is 0 Å². The second-order valence-electron chi connectivity index (χ2n) is 4.18. The molecule has 0 aromatic carbocycles.